The van der Waals surface area contributed by atoms with Crippen LogP contribution in [0.15, 0.2) is 28.7 Å². The molecule has 0 fully saturated rings. The van der Waals surface area contributed by atoms with Gasteiger partial charge in [0.05, 0.1) is 21.0 Å². The van der Waals surface area contributed by atoms with Crippen LogP contribution in [-0.4, -0.2) is 4.92 Å². The molecule has 0 saturated carbocycles. The zero-order chi connectivity index (χ0) is 13.7. The van der Waals surface area contributed by atoms with E-state index in [1.54, 1.807) is 6.07 Å². The fourth-order valence-corrected chi connectivity index (χ4v) is 2.81. The molecule has 0 aliphatic rings. The summed E-state index contributed by atoms with van der Waals surface area (Å²) < 4.78 is 5.53. The highest BCUT2D eigenvalue weighted by Crippen LogP contribution is 2.40. The van der Waals surface area contributed by atoms with E-state index in [4.69, 9.17) is 39.2 Å². The second-order valence-corrected chi connectivity index (χ2v) is 5.18. The normalized spacial score (nSPS) is 11.3. The SMILES string of the molecule is O=[N+]([O-])c1cc(Cl)c2c(c1)oc1c(Cl)cc(Cl)cc12. The summed E-state index contributed by atoms with van der Waals surface area (Å²) in [4.78, 5) is 10.3. The summed E-state index contributed by atoms with van der Waals surface area (Å²) in [6.07, 6.45) is 0. The summed E-state index contributed by atoms with van der Waals surface area (Å²) in [6.45, 7) is 0. The number of fused-ring (bicyclic) bond motifs is 3. The number of nitro benzene ring substituents is 1. The number of nitro groups is 1. The van der Waals surface area contributed by atoms with E-state index >= 15 is 0 Å². The molecule has 0 radical (unpaired) electrons. The highest BCUT2D eigenvalue weighted by Gasteiger charge is 2.18. The Morgan fingerprint density at radius 2 is 1.79 bits per heavy atom. The van der Waals surface area contributed by atoms with Crippen molar-refractivity contribution in [1.29, 1.82) is 0 Å². The molecule has 2 aromatic carbocycles. The van der Waals surface area contributed by atoms with Crippen molar-refractivity contribution in [2.45, 2.75) is 0 Å². The van der Waals surface area contributed by atoms with Crippen LogP contribution in [0.2, 0.25) is 15.1 Å². The second-order valence-electron chi connectivity index (χ2n) is 3.92. The predicted octanol–water partition coefficient (Wildman–Crippen LogP) is 5.45. The first kappa shape index (κ1) is 12.5. The van der Waals surface area contributed by atoms with Gasteiger partial charge in [0.25, 0.3) is 5.69 Å². The Hall–Kier alpha value is -1.49. The highest BCUT2D eigenvalue weighted by molar-refractivity contribution is 6.42. The van der Waals surface area contributed by atoms with E-state index in [1.807, 2.05) is 0 Å². The van der Waals surface area contributed by atoms with Gasteiger partial charge in [-0.3, -0.25) is 10.1 Å². The van der Waals surface area contributed by atoms with Crippen molar-refractivity contribution < 1.29 is 9.34 Å². The summed E-state index contributed by atoms with van der Waals surface area (Å²) in [7, 11) is 0. The van der Waals surface area contributed by atoms with E-state index in [-0.39, 0.29) is 10.7 Å². The highest BCUT2D eigenvalue weighted by atomic mass is 35.5. The Kier molecular flexibility index (Phi) is 2.82. The zero-order valence-corrected chi connectivity index (χ0v) is 11.4. The molecular weight excluding hydrogens is 312 g/mol. The third-order valence-electron chi connectivity index (χ3n) is 2.74. The fourth-order valence-electron chi connectivity index (χ4n) is 1.97. The van der Waals surface area contributed by atoms with E-state index in [0.717, 1.165) is 0 Å². The topological polar surface area (TPSA) is 56.3 Å². The number of rotatable bonds is 1. The zero-order valence-electron chi connectivity index (χ0n) is 9.12. The molecule has 0 amide bonds. The smallest absolute Gasteiger partial charge is 0.274 e. The van der Waals surface area contributed by atoms with E-state index < -0.39 is 4.92 Å². The van der Waals surface area contributed by atoms with E-state index in [1.165, 1.54) is 18.2 Å². The van der Waals surface area contributed by atoms with E-state index in [0.29, 0.717) is 32.0 Å². The van der Waals surface area contributed by atoms with Crippen molar-refractivity contribution in [3.05, 3.63) is 49.4 Å². The largest absolute Gasteiger partial charge is 0.454 e. The van der Waals surface area contributed by atoms with Gasteiger partial charge in [0.1, 0.15) is 5.58 Å². The molecule has 0 aliphatic heterocycles. The monoisotopic (exact) mass is 315 g/mol. The van der Waals surface area contributed by atoms with Gasteiger partial charge in [-0.15, -0.1) is 0 Å². The van der Waals surface area contributed by atoms with Crippen molar-refractivity contribution in [3.8, 4) is 0 Å². The van der Waals surface area contributed by atoms with Crippen molar-refractivity contribution in [2.75, 3.05) is 0 Å². The van der Waals surface area contributed by atoms with Crippen LogP contribution in [0.3, 0.4) is 0 Å². The number of hydrogen-bond donors (Lipinski definition) is 0. The molecule has 0 unspecified atom stereocenters. The van der Waals surface area contributed by atoms with Gasteiger partial charge < -0.3 is 4.42 Å². The Labute approximate surface area is 121 Å². The number of benzene rings is 2. The summed E-state index contributed by atoms with van der Waals surface area (Å²) in [5.41, 5.74) is 0.570. The van der Waals surface area contributed by atoms with Crippen LogP contribution >= 0.6 is 34.8 Å². The minimum Gasteiger partial charge on any atom is -0.454 e. The second kappa shape index (κ2) is 4.27. The Balaban J connectivity index is 2.51. The van der Waals surface area contributed by atoms with Crippen molar-refractivity contribution in [2.24, 2.45) is 0 Å². The van der Waals surface area contributed by atoms with Gasteiger partial charge in [-0.05, 0) is 12.1 Å². The van der Waals surface area contributed by atoms with Gasteiger partial charge in [0.2, 0.25) is 0 Å². The predicted molar refractivity (Wildman–Crippen MR) is 75.4 cm³/mol. The van der Waals surface area contributed by atoms with Gasteiger partial charge in [-0.1, -0.05) is 34.8 Å². The van der Waals surface area contributed by atoms with Gasteiger partial charge in [0.15, 0.2) is 5.58 Å². The lowest BCUT2D eigenvalue weighted by molar-refractivity contribution is -0.384. The summed E-state index contributed by atoms with van der Waals surface area (Å²) in [6, 6.07) is 5.78. The average molecular weight is 317 g/mol. The Bertz CT molecular complexity index is 841. The number of hydrogen-bond acceptors (Lipinski definition) is 3. The molecule has 7 heteroatoms. The molecule has 0 aliphatic carbocycles. The molecule has 19 heavy (non-hydrogen) atoms. The minimum absolute atomic E-state index is 0.140. The molecule has 0 spiro atoms. The molecule has 0 N–H and O–H groups in total. The third-order valence-corrected chi connectivity index (χ3v) is 3.54. The summed E-state index contributed by atoms with van der Waals surface area (Å²) in [5, 5.41) is 13.0. The first-order chi connectivity index (χ1) is 8.97. The first-order valence-corrected chi connectivity index (χ1v) is 6.26. The van der Waals surface area contributed by atoms with Crippen LogP contribution in [0, 0.1) is 10.1 Å². The van der Waals surface area contributed by atoms with Crippen LogP contribution in [0.1, 0.15) is 0 Å². The lowest BCUT2D eigenvalue weighted by Crippen LogP contribution is -1.87. The van der Waals surface area contributed by atoms with Crippen LogP contribution < -0.4 is 0 Å². The lowest BCUT2D eigenvalue weighted by atomic mass is 10.1. The average Bonchev–Trinajstić information content (AvgIpc) is 2.68. The number of furan rings is 1. The molecular formula is C12H4Cl3NO3. The maximum Gasteiger partial charge on any atom is 0.274 e. The van der Waals surface area contributed by atoms with Crippen LogP contribution in [0.25, 0.3) is 21.9 Å². The maximum atomic E-state index is 10.8. The third kappa shape index (κ3) is 1.92. The van der Waals surface area contributed by atoms with Crippen LogP contribution in [-0.2, 0) is 0 Å². The molecule has 0 bridgehead atoms. The Morgan fingerprint density at radius 3 is 2.47 bits per heavy atom. The summed E-state index contributed by atoms with van der Waals surface area (Å²) in [5.74, 6) is 0. The minimum atomic E-state index is -0.535. The molecule has 3 aromatic rings. The van der Waals surface area contributed by atoms with Crippen molar-refractivity contribution in [3.63, 3.8) is 0 Å². The Morgan fingerprint density at radius 1 is 1.05 bits per heavy atom. The van der Waals surface area contributed by atoms with Gasteiger partial charge in [-0.25, -0.2) is 0 Å². The molecule has 0 atom stereocenters. The van der Waals surface area contributed by atoms with Crippen molar-refractivity contribution >= 4 is 62.4 Å². The van der Waals surface area contributed by atoms with Gasteiger partial charge in [-0.2, -0.15) is 0 Å². The number of nitrogens with zero attached hydrogens (tertiary/aromatic N) is 1. The quantitative estimate of drug-likeness (QED) is 0.443. The standard InChI is InChI=1S/C12H4Cl3NO3/c13-5-1-7-11-8(14)3-6(16(17)18)4-10(11)19-12(7)9(15)2-5/h1-4H. The first-order valence-electron chi connectivity index (χ1n) is 5.12. The maximum absolute atomic E-state index is 10.8. The van der Waals surface area contributed by atoms with Gasteiger partial charge >= 0.3 is 0 Å². The van der Waals surface area contributed by atoms with E-state index in [2.05, 4.69) is 0 Å². The number of halogens is 3. The molecule has 1 aromatic heterocycles. The number of non-ortho nitro benzene ring substituents is 1. The molecule has 4 nitrogen and oxygen atoms in total. The fraction of sp³-hybridized carbons (Fsp3) is 0. The van der Waals surface area contributed by atoms with Crippen LogP contribution in [0.5, 0.6) is 0 Å². The van der Waals surface area contributed by atoms with Crippen molar-refractivity contribution in [1.82, 2.24) is 0 Å². The molecule has 1 heterocycles. The van der Waals surface area contributed by atoms with Gasteiger partial charge in [0, 0.05) is 21.9 Å². The molecule has 0 saturated heterocycles. The van der Waals surface area contributed by atoms with E-state index in [9.17, 15) is 10.1 Å². The lowest BCUT2D eigenvalue weighted by Gasteiger charge is -1.96. The van der Waals surface area contributed by atoms with Crippen LogP contribution in [0.4, 0.5) is 5.69 Å². The molecule has 3 rings (SSSR count). The molecule has 96 valence electrons. The summed E-state index contributed by atoms with van der Waals surface area (Å²) >= 11 is 18.1.